The number of aromatic nitrogens is 1. The number of para-hydroxylation sites is 1. The van der Waals surface area contributed by atoms with Crippen molar-refractivity contribution in [1.82, 2.24) is 15.2 Å². The highest BCUT2D eigenvalue weighted by Crippen LogP contribution is 2.38. The number of amides is 2. The molecule has 0 saturated carbocycles. The maximum atomic E-state index is 13.6. The summed E-state index contributed by atoms with van der Waals surface area (Å²) in [7, 11) is 1.67. The van der Waals surface area contributed by atoms with Gasteiger partial charge in [0, 0.05) is 31.7 Å². The Morgan fingerprint density at radius 2 is 1.71 bits per heavy atom. The summed E-state index contributed by atoms with van der Waals surface area (Å²) in [6, 6.07) is 27.9. The van der Waals surface area contributed by atoms with Gasteiger partial charge in [-0.1, -0.05) is 72.8 Å². The van der Waals surface area contributed by atoms with Crippen molar-refractivity contribution in [3.05, 3.63) is 102 Å². The van der Waals surface area contributed by atoms with E-state index in [-0.39, 0.29) is 11.8 Å². The molecule has 5 heteroatoms. The average Bonchev–Trinajstić information content (AvgIpc) is 3.33. The zero-order chi connectivity index (χ0) is 23.5. The van der Waals surface area contributed by atoms with E-state index in [1.165, 1.54) is 0 Å². The topological polar surface area (TPSA) is 62.3 Å². The molecule has 1 aromatic heterocycles. The SMILES string of the molecule is CNC(=O)C1(Cc2ccccc2-c2ccccc2)CCN(C(=O)c2cccc3cccnc23)C1. The van der Waals surface area contributed by atoms with Crippen LogP contribution in [0.4, 0.5) is 0 Å². The van der Waals surface area contributed by atoms with Crippen LogP contribution in [0.15, 0.2) is 91.1 Å². The molecule has 1 atom stereocenters. The zero-order valence-electron chi connectivity index (χ0n) is 19.2. The molecule has 1 aliphatic heterocycles. The van der Waals surface area contributed by atoms with Crippen LogP contribution in [-0.2, 0) is 11.2 Å². The van der Waals surface area contributed by atoms with Crippen molar-refractivity contribution in [2.45, 2.75) is 12.8 Å². The zero-order valence-corrected chi connectivity index (χ0v) is 19.2. The Hall–Kier alpha value is -3.99. The number of benzene rings is 3. The summed E-state index contributed by atoms with van der Waals surface area (Å²) in [5, 5.41) is 3.80. The van der Waals surface area contributed by atoms with Crippen LogP contribution in [0, 0.1) is 5.41 Å². The predicted molar refractivity (Wildman–Crippen MR) is 134 cm³/mol. The fourth-order valence-corrected chi connectivity index (χ4v) is 5.11. The standard InChI is InChI=1S/C29H27N3O2/c1-30-28(34)29(19-23-11-5-6-14-24(23)21-9-3-2-4-10-21)16-18-32(20-29)27(33)25-15-7-12-22-13-8-17-31-26(22)25/h2-15,17H,16,18-20H2,1H3,(H,30,34). The second kappa shape index (κ2) is 9.10. The van der Waals surface area contributed by atoms with Crippen LogP contribution in [0.2, 0.25) is 0 Å². The first-order valence-corrected chi connectivity index (χ1v) is 11.6. The van der Waals surface area contributed by atoms with E-state index in [9.17, 15) is 9.59 Å². The summed E-state index contributed by atoms with van der Waals surface area (Å²) in [6.45, 7) is 0.904. The van der Waals surface area contributed by atoms with Crippen molar-refractivity contribution in [1.29, 1.82) is 0 Å². The van der Waals surface area contributed by atoms with E-state index in [0.29, 0.717) is 37.0 Å². The van der Waals surface area contributed by atoms with Crippen molar-refractivity contribution in [3.8, 4) is 11.1 Å². The molecule has 4 aromatic rings. The molecule has 0 aliphatic carbocycles. The molecule has 0 radical (unpaired) electrons. The summed E-state index contributed by atoms with van der Waals surface area (Å²) < 4.78 is 0. The van der Waals surface area contributed by atoms with Gasteiger partial charge in [-0.2, -0.15) is 0 Å². The number of nitrogens with zero attached hydrogens (tertiary/aromatic N) is 2. The summed E-state index contributed by atoms with van der Waals surface area (Å²) >= 11 is 0. The van der Waals surface area contributed by atoms with Gasteiger partial charge in [0.2, 0.25) is 5.91 Å². The summed E-state index contributed by atoms with van der Waals surface area (Å²) in [5.41, 5.74) is 3.94. The molecule has 2 amide bonds. The minimum Gasteiger partial charge on any atom is -0.359 e. The van der Waals surface area contributed by atoms with Crippen LogP contribution in [0.3, 0.4) is 0 Å². The molecule has 1 unspecified atom stereocenters. The maximum Gasteiger partial charge on any atom is 0.256 e. The number of likely N-dealkylation sites (tertiary alicyclic amines) is 1. The largest absolute Gasteiger partial charge is 0.359 e. The molecule has 5 rings (SSSR count). The van der Waals surface area contributed by atoms with E-state index in [1.807, 2.05) is 65.6 Å². The third-order valence-electron chi connectivity index (χ3n) is 6.84. The lowest BCUT2D eigenvalue weighted by molar-refractivity contribution is -0.129. The lowest BCUT2D eigenvalue weighted by Crippen LogP contribution is -2.44. The van der Waals surface area contributed by atoms with Crippen LogP contribution < -0.4 is 5.32 Å². The fourth-order valence-electron chi connectivity index (χ4n) is 5.11. The summed E-state index contributed by atoms with van der Waals surface area (Å²) in [4.78, 5) is 33.1. The molecule has 1 fully saturated rings. The molecule has 1 N–H and O–H groups in total. The first-order valence-electron chi connectivity index (χ1n) is 11.6. The monoisotopic (exact) mass is 449 g/mol. The molecule has 2 heterocycles. The Labute approximate surface area is 199 Å². The highest BCUT2D eigenvalue weighted by Gasteiger charge is 2.46. The number of hydrogen-bond donors (Lipinski definition) is 1. The van der Waals surface area contributed by atoms with Crippen molar-refractivity contribution in [3.63, 3.8) is 0 Å². The predicted octanol–water partition coefficient (Wildman–Crippen LogP) is 4.72. The van der Waals surface area contributed by atoms with Gasteiger partial charge in [-0.15, -0.1) is 0 Å². The van der Waals surface area contributed by atoms with Gasteiger partial charge in [0.15, 0.2) is 0 Å². The Balaban J connectivity index is 1.47. The van der Waals surface area contributed by atoms with Gasteiger partial charge in [-0.3, -0.25) is 14.6 Å². The van der Waals surface area contributed by atoms with Crippen LogP contribution in [-0.4, -0.2) is 41.8 Å². The minimum atomic E-state index is -0.687. The van der Waals surface area contributed by atoms with Crippen LogP contribution >= 0.6 is 0 Å². The van der Waals surface area contributed by atoms with Crippen molar-refractivity contribution < 1.29 is 9.59 Å². The maximum absolute atomic E-state index is 13.6. The summed E-state index contributed by atoms with van der Waals surface area (Å²) in [5.74, 6) is -0.104. The smallest absolute Gasteiger partial charge is 0.256 e. The van der Waals surface area contributed by atoms with E-state index in [1.54, 1.807) is 13.2 Å². The Morgan fingerprint density at radius 3 is 2.53 bits per heavy atom. The van der Waals surface area contributed by atoms with Gasteiger partial charge < -0.3 is 10.2 Å². The van der Waals surface area contributed by atoms with E-state index >= 15 is 0 Å². The van der Waals surface area contributed by atoms with Crippen molar-refractivity contribution >= 4 is 22.7 Å². The summed E-state index contributed by atoms with van der Waals surface area (Å²) in [6.07, 6.45) is 2.88. The van der Waals surface area contributed by atoms with Gasteiger partial charge in [0.25, 0.3) is 5.91 Å². The van der Waals surface area contributed by atoms with E-state index in [0.717, 1.165) is 22.1 Å². The van der Waals surface area contributed by atoms with Crippen LogP contribution in [0.5, 0.6) is 0 Å². The van der Waals surface area contributed by atoms with Crippen molar-refractivity contribution in [2.75, 3.05) is 20.1 Å². The molecule has 0 bridgehead atoms. The van der Waals surface area contributed by atoms with E-state index < -0.39 is 5.41 Å². The quantitative estimate of drug-likeness (QED) is 0.479. The molecule has 170 valence electrons. The first-order chi connectivity index (χ1) is 16.6. The molecule has 0 spiro atoms. The van der Waals surface area contributed by atoms with Gasteiger partial charge >= 0.3 is 0 Å². The highest BCUT2D eigenvalue weighted by molar-refractivity contribution is 6.05. The number of carbonyl (C=O) groups excluding carboxylic acids is 2. The van der Waals surface area contributed by atoms with Crippen LogP contribution in [0.25, 0.3) is 22.0 Å². The van der Waals surface area contributed by atoms with E-state index in [2.05, 4.69) is 34.6 Å². The number of hydrogen-bond acceptors (Lipinski definition) is 3. The normalized spacial score (nSPS) is 17.6. The molecule has 1 aliphatic rings. The number of pyridine rings is 1. The Kier molecular flexibility index (Phi) is 5.84. The van der Waals surface area contributed by atoms with Gasteiger partial charge in [-0.05, 0) is 41.7 Å². The second-order valence-electron chi connectivity index (χ2n) is 8.92. The molecular weight excluding hydrogens is 422 g/mol. The second-order valence-corrected chi connectivity index (χ2v) is 8.92. The van der Waals surface area contributed by atoms with Gasteiger partial charge in [0.05, 0.1) is 16.5 Å². The molecule has 5 nitrogen and oxygen atoms in total. The minimum absolute atomic E-state index is 0.0262. The first kappa shape index (κ1) is 21.8. The lowest BCUT2D eigenvalue weighted by atomic mass is 9.78. The van der Waals surface area contributed by atoms with Crippen molar-refractivity contribution in [2.24, 2.45) is 5.41 Å². The fraction of sp³-hybridized carbons (Fsp3) is 0.207. The number of fused-ring (bicyclic) bond motifs is 1. The highest BCUT2D eigenvalue weighted by atomic mass is 16.2. The van der Waals surface area contributed by atoms with Crippen LogP contribution in [0.1, 0.15) is 22.3 Å². The lowest BCUT2D eigenvalue weighted by Gasteiger charge is -2.29. The van der Waals surface area contributed by atoms with Gasteiger partial charge in [-0.25, -0.2) is 0 Å². The third kappa shape index (κ3) is 3.94. The average molecular weight is 450 g/mol. The Morgan fingerprint density at radius 1 is 0.941 bits per heavy atom. The Bertz CT molecular complexity index is 1350. The van der Waals surface area contributed by atoms with Gasteiger partial charge in [0.1, 0.15) is 0 Å². The van der Waals surface area contributed by atoms with E-state index in [4.69, 9.17) is 0 Å². The molecule has 1 saturated heterocycles. The molecule has 3 aromatic carbocycles. The number of rotatable bonds is 5. The number of carbonyl (C=O) groups is 2. The molecular formula is C29H27N3O2. The third-order valence-corrected chi connectivity index (χ3v) is 6.84. The number of nitrogens with one attached hydrogen (secondary N) is 1. The molecule has 34 heavy (non-hydrogen) atoms.